The molecule has 4 N–H and O–H groups in total. The molecule has 0 aliphatic carbocycles. The Kier molecular flexibility index (Phi) is 5.87. The number of methoxy groups -OCH3 is 1. The Balaban J connectivity index is 1.85. The van der Waals surface area contributed by atoms with Crippen LogP contribution in [0.4, 0.5) is 11.6 Å². The molecule has 0 unspecified atom stereocenters. The zero-order chi connectivity index (χ0) is 19.1. The van der Waals surface area contributed by atoms with Gasteiger partial charge in [-0.1, -0.05) is 6.07 Å². The maximum Gasteiger partial charge on any atom is 0.153 e. The first-order chi connectivity index (χ1) is 13.2. The van der Waals surface area contributed by atoms with E-state index >= 15 is 0 Å². The molecule has 27 heavy (non-hydrogen) atoms. The number of H-pyrrole nitrogens is 1. The number of rotatable bonds is 8. The van der Waals surface area contributed by atoms with Gasteiger partial charge in [0.15, 0.2) is 5.82 Å². The van der Waals surface area contributed by atoms with Gasteiger partial charge in [-0.05, 0) is 31.0 Å². The first-order valence-electron chi connectivity index (χ1n) is 8.36. The third kappa shape index (κ3) is 4.34. The van der Waals surface area contributed by atoms with Crippen LogP contribution in [0.1, 0.15) is 12.1 Å². The lowest BCUT2D eigenvalue weighted by Crippen LogP contribution is -2.07. The summed E-state index contributed by atoms with van der Waals surface area (Å²) in [5.41, 5.74) is 7.54. The summed E-state index contributed by atoms with van der Waals surface area (Å²) in [6.45, 7) is 1.09. The largest absolute Gasteiger partial charge is 0.496 e. The molecule has 3 rings (SSSR count). The van der Waals surface area contributed by atoms with E-state index in [0.717, 1.165) is 17.7 Å². The number of benzene rings is 1. The number of nitrogens with zero attached hydrogens (tertiary/aromatic N) is 3. The Morgan fingerprint density at radius 2 is 2.07 bits per heavy atom. The van der Waals surface area contributed by atoms with Gasteiger partial charge in [-0.15, -0.1) is 6.42 Å². The third-order valence-corrected chi connectivity index (χ3v) is 3.72. The minimum atomic E-state index is 0.469. The number of hydrogen-bond acceptors (Lipinski definition) is 7. The molecule has 3 aromatic rings. The molecule has 0 radical (unpaired) electrons. The van der Waals surface area contributed by atoms with E-state index in [2.05, 4.69) is 31.4 Å². The zero-order valence-electron chi connectivity index (χ0n) is 14.9. The van der Waals surface area contributed by atoms with Crippen LogP contribution < -0.4 is 20.5 Å². The molecule has 0 saturated carbocycles. The van der Waals surface area contributed by atoms with Crippen molar-refractivity contribution in [2.75, 3.05) is 25.6 Å². The topological polar surface area (TPSA) is 111 Å². The molecule has 0 fully saturated rings. The molecule has 0 amide bonds. The van der Waals surface area contributed by atoms with Crippen molar-refractivity contribution >= 4 is 11.6 Å². The van der Waals surface area contributed by atoms with Gasteiger partial charge in [-0.3, -0.25) is 5.10 Å². The molecule has 0 atom stereocenters. The van der Waals surface area contributed by atoms with E-state index in [1.165, 1.54) is 6.20 Å². The van der Waals surface area contributed by atoms with Gasteiger partial charge in [-0.25, -0.2) is 9.97 Å². The second kappa shape index (κ2) is 8.69. The van der Waals surface area contributed by atoms with Crippen molar-refractivity contribution < 1.29 is 9.47 Å². The Hall–Kier alpha value is -3.57. The monoisotopic (exact) mass is 364 g/mol. The number of terminal acetylenes is 1. The van der Waals surface area contributed by atoms with Crippen LogP contribution in [0.2, 0.25) is 0 Å². The molecule has 138 valence electrons. The predicted molar refractivity (Wildman–Crippen MR) is 103 cm³/mol. The molecule has 2 aromatic heterocycles. The Morgan fingerprint density at radius 1 is 1.22 bits per heavy atom. The van der Waals surface area contributed by atoms with Crippen molar-refractivity contribution in [3.63, 3.8) is 0 Å². The van der Waals surface area contributed by atoms with Crippen molar-refractivity contribution in [3.05, 3.63) is 42.4 Å². The van der Waals surface area contributed by atoms with Gasteiger partial charge >= 0.3 is 0 Å². The van der Waals surface area contributed by atoms with Crippen molar-refractivity contribution in [3.8, 4) is 35.1 Å². The highest BCUT2D eigenvalue weighted by Crippen LogP contribution is 2.38. The summed E-state index contributed by atoms with van der Waals surface area (Å²) in [6.07, 6.45) is 9.11. The molecule has 0 aliphatic rings. The molecule has 0 saturated heterocycles. The molecule has 0 aliphatic heterocycles. The van der Waals surface area contributed by atoms with Gasteiger partial charge in [0.05, 0.1) is 37.4 Å². The fourth-order valence-corrected chi connectivity index (χ4v) is 2.44. The normalized spacial score (nSPS) is 10.3. The first-order valence-corrected chi connectivity index (χ1v) is 8.36. The fraction of sp³-hybridized carbons (Fsp3) is 0.211. The number of hydrogen-bond donors (Lipinski definition) is 3. The van der Waals surface area contributed by atoms with Crippen molar-refractivity contribution in [2.45, 2.75) is 6.42 Å². The van der Waals surface area contributed by atoms with E-state index in [1.807, 2.05) is 24.3 Å². The van der Waals surface area contributed by atoms with Gasteiger partial charge in [-0.2, -0.15) is 5.10 Å². The van der Waals surface area contributed by atoms with Crippen LogP contribution in [0.15, 0.2) is 36.7 Å². The van der Waals surface area contributed by atoms with Gasteiger partial charge in [0.25, 0.3) is 0 Å². The van der Waals surface area contributed by atoms with Crippen LogP contribution in [-0.4, -0.2) is 40.4 Å². The molecule has 2 heterocycles. The van der Waals surface area contributed by atoms with Crippen LogP contribution in [0.3, 0.4) is 0 Å². The standard InChI is InChI=1S/C19H20N6O2/c1-3-13-11-22-18(12-21-13)23-17-10-14(24-25-17)19-15(26-2)6-4-7-16(19)27-9-5-8-20/h1,4,6-7,10-12H,5,8-9,20H2,2H3,(H2,22,23,24,25). The fourth-order valence-electron chi connectivity index (χ4n) is 2.44. The summed E-state index contributed by atoms with van der Waals surface area (Å²) < 4.78 is 11.3. The van der Waals surface area contributed by atoms with E-state index in [9.17, 15) is 0 Å². The minimum Gasteiger partial charge on any atom is -0.496 e. The van der Waals surface area contributed by atoms with Gasteiger partial charge in [0.2, 0.25) is 0 Å². The van der Waals surface area contributed by atoms with E-state index < -0.39 is 0 Å². The van der Waals surface area contributed by atoms with E-state index in [-0.39, 0.29) is 0 Å². The molecular weight excluding hydrogens is 344 g/mol. The number of ether oxygens (including phenoxy) is 2. The van der Waals surface area contributed by atoms with E-state index in [0.29, 0.717) is 42.0 Å². The maximum atomic E-state index is 5.86. The summed E-state index contributed by atoms with van der Waals surface area (Å²) >= 11 is 0. The summed E-state index contributed by atoms with van der Waals surface area (Å²) in [5.74, 6) is 4.90. The molecule has 0 bridgehead atoms. The van der Waals surface area contributed by atoms with Crippen LogP contribution >= 0.6 is 0 Å². The summed E-state index contributed by atoms with van der Waals surface area (Å²) in [4.78, 5) is 8.29. The summed E-state index contributed by atoms with van der Waals surface area (Å²) in [6, 6.07) is 7.46. The Labute approximate surface area is 157 Å². The Morgan fingerprint density at radius 3 is 2.78 bits per heavy atom. The first kappa shape index (κ1) is 18.2. The van der Waals surface area contributed by atoms with E-state index in [4.69, 9.17) is 21.6 Å². The average Bonchev–Trinajstić information content (AvgIpc) is 3.16. The highest BCUT2D eigenvalue weighted by molar-refractivity contribution is 5.76. The maximum absolute atomic E-state index is 5.86. The molecular formula is C19H20N6O2. The van der Waals surface area contributed by atoms with Crippen molar-refractivity contribution in [1.29, 1.82) is 0 Å². The Bertz CT molecular complexity index is 930. The zero-order valence-corrected chi connectivity index (χ0v) is 14.9. The molecule has 1 aromatic carbocycles. The predicted octanol–water partition coefficient (Wildman–Crippen LogP) is 2.33. The number of nitrogens with two attached hydrogens (primary N) is 1. The van der Waals surface area contributed by atoms with Crippen molar-refractivity contribution in [1.82, 2.24) is 20.2 Å². The quantitative estimate of drug-likeness (QED) is 0.415. The van der Waals surface area contributed by atoms with Gasteiger partial charge in [0.1, 0.15) is 23.0 Å². The lowest BCUT2D eigenvalue weighted by atomic mass is 10.1. The molecule has 8 nitrogen and oxygen atoms in total. The van der Waals surface area contributed by atoms with E-state index in [1.54, 1.807) is 13.3 Å². The smallest absolute Gasteiger partial charge is 0.153 e. The van der Waals surface area contributed by atoms with Crippen LogP contribution in [0.5, 0.6) is 11.5 Å². The average molecular weight is 364 g/mol. The minimum absolute atomic E-state index is 0.469. The third-order valence-electron chi connectivity index (χ3n) is 3.72. The van der Waals surface area contributed by atoms with Gasteiger partial charge in [0, 0.05) is 6.07 Å². The molecule has 0 spiro atoms. The van der Waals surface area contributed by atoms with Gasteiger partial charge < -0.3 is 20.5 Å². The van der Waals surface area contributed by atoms with Crippen LogP contribution in [-0.2, 0) is 0 Å². The number of nitrogens with one attached hydrogen (secondary N) is 2. The van der Waals surface area contributed by atoms with Crippen LogP contribution in [0.25, 0.3) is 11.3 Å². The second-order valence-corrected chi connectivity index (χ2v) is 5.55. The molecule has 8 heteroatoms. The van der Waals surface area contributed by atoms with Crippen molar-refractivity contribution in [2.24, 2.45) is 5.73 Å². The van der Waals surface area contributed by atoms with Crippen LogP contribution in [0, 0.1) is 12.3 Å². The lowest BCUT2D eigenvalue weighted by Gasteiger charge is -2.13. The summed E-state index contributed by atoms with van der Waals surface area (Å²) in [5, 5.41) is 10.3. The summed E-state index contributed by atoms with van der Waals surface area (Å²) in [7, 11) is 1.61. The number of aromatic nitrogens is 4. The highest BCUT2D eigenvalue weighted by atomic mass is 16.5. The number of aromatic amines is 1. The second-order valence-electron chi connectivity index (χ2n) is 5.55. The number of anilines is 2. The highest BCUT2D eigenvalue weighted by Gasteiger charge is 2.16. The SMILES string of the molecule is C#Cc1cnc(Nc2cc(-c3c(OC)cccc3OCCCN)[nH]n2)cn1. The lowest BCUT2D eigenvalue weighted by molar-refractivity contribution is 0.312.